The van der Waals surface area contributed by atoms with Gasteiger partial charge in [0.05, 0.1) is 24.6 Å². The highest BCUT2D eigenvalue weighted by atomic mass is 79.9. The first-order valence-corrected chi connectivity index (χ1v) is 9.30. The van der Waals surface area contributed by atoms with E-state index in [-0.39, 0.29) is 22.7 Å². The van der Waals surface area contributed by atoms with Gasteiger partial charge in [-0.1, -0.05) is 15.9 Å². The van der Waals surface area contributed by atoms with Crippen molar-refractivity contribution < 1.29 is 22.3 Å². The molecule has 24 heavy (non-hydrogen) atoms. The summed E-state index contributed by atoms with van der Waals surface area (Å²) in [7, 11) is -2.14. The van der Waals surface area contributed by atoms with Crippen LogP contribution in [0.5, 0.6) is 5.75 Å². The molecule has 0 atom stereocenters. The van der Waals surface area contributed by atoms with Gasteiger partial charge >= 0.3 is 0 Å². The minimum Gasteiger partial charge on any atom is -0.495 e. The Kier molecular flexibility index (Phi) is 5.45. The largest absolute Gasteiger partial charge is 0.495 e. The number of hydrogen-bond donors (Lipinski definition) is 2. The highest BCUT2D eigenvalue weighted by Crippen LogP contribution is 2.29. The number of halogens is 2. The van der Waals surface area contributed by atoms with Crippen molar-refractivity contribution in [2.24, 2.45) is 0 Å². The topological polar surface area (TPSA) is 84.5 Å². The number of benzene rings is 2. The van der Waals surface area contributed by atoms with Gasteiger partial charge in [0, 0.05) is 10.2 Å². The van der Waals surface area contributed by atoms with Crippen molar-refractivity contribution in [3.63, 3.8) is 0 Å². The Hall–Kier alpha value is -2.13. The van der Waals surface area contributed by atoms with Gasteiger partial charge in [0.15, 0.2) is 0 Å². The maximum Gasteiger partial charge on any atom is 0.258 e. The van der Waals surface area contributed by atoms with Crippen LogP contribution in [-0.4, -0.2) is 27.7 Å². The Morgan fingerprint density at radius 2 is 1.92 bits per heavy atom. The normalized spacial score (nSPS) is 11.0. The van der Waals surface area contributed by atoms with Gasteiger partial charge in [-0.3, -0.25) is 9.52 Å². The summed E-state index contributed by atoms with van der Waals surface area (Å²) in [4.78, 5) is 12.2. The lowest BCUT2D eigenvalue weighted by atomic mass is 10.2. The highest BCUT2D eigenvalue weighted by Gasteiger charge is 2.14. The van der Waals surface area contributed by atoms with Crippen molar-refractivity contribution in [1.29, 1.82) is 0 Å². The summed E-state index contributed by atoms with van der Waals surface area (Å²) in [5.41, 5.74) is 0.302. The van der Waals surface area contributed by atoms with E-state index in [1.165, 1.54) is 43.5 Å². The average Bonchev–Trinajstić information content (AvgIpc) is 2.48. The van der Waals surface area contributed by atoms with Crippen LogP contribution < -0.4 is 14.8 Å². The quantitative estimate of drug-likeness (QED) is 0.783. The van der Waals surface area contributed by atoms with Gasteiger partial charge in [-0.2, -0.15) is 0 Å². The molecule has 0 saturated heterocycles. The van der Waals surface area contributed by atoms with Gasteiger partial charge in [-0.15, -0.1) is 0 Å². The number of anilines is 2. The van der Waals surface area contributed by atoms with E-state index in [0.717, 1.165) is 6.26 Å². The molecule has 0 aromatic heterocycles. The molecule has 0 spiro atoms. The van der Waals surface area contributed by atoms with Crippen molar-refractivity contribution >= 4 is 43.2 Å². The van der Waals surface area contributed by atoms with Gasteiger partial charge in [0.25, 0.3) is 5.91 Å². The molecule has 0 aliphatic rings. The van der Waals surface area contributed by atoms with Crippen molar-refractivity contribution in [3.05, 3.63) is 52.3 Å². The summed E-state index contributed by atoms with van der Waals surface area (Å²) in [5.74, 6) is -1.05. The third-order valence-corrected chi connectivity index (χ3v) is 4.01. The Morgan fingerprint density at radius 3 is 2.54 bits per heavy atom. The molecule has 2 rings (SSSR count). The van der Waals surface area contributed by atoms with E-state index in [1.54, 1.807) is 0 Å². The molecular weight excluding hydrogens is 403 g/mol. The molecule has 9 heteroatoms. The molecular formula is C15H14BrFN2O4S. The zero-order chi connectivity index (χ0) is 17.9. The second kappa shape index (κ2) is 7.18. The number of methoxy groups -OCH3 is 1. The molecule has 0 aliphatic heterocycles. The summed E-state index contributed by atoms with van der Waals surface area (Å²) < 4.78 is 44.5. The fourth-order valence-corrected chi connectivity index (χ4v) is 2.86. The molecule has 6 nitrogen and oxygen atoms in total. The summed E-state index contributed by atoms with van der Waals surface area (Å²) >= 11 is 3.17. The van der Waals surface area contributed by atoms with Crippen molar-refractivity contribution in [3.8, 4) is 5.75 Å². The lowest BCUT2D eigenvalue weighted by Crippen LogP contribution is -2.15. The number of carbonyl (C=O) groups is 1. The first-order valence-electron chi connectivity index (χ1n) is 6.62. The molecule has 1 amide bonds. The molecule has 0 heterocycles. The summed E-state index contributed by atoms with van der Waals surface area (Å²) in [6.45, 7) is 0. The van der Waals surface area contributed by atoms with Gasteiger partial charge in [-0.25, -0.2) is 12.8 Å². The van der Waals surface area contributed by atoms with Crippen molar-refractivity contribution in [1.82, 2.24) is 0 Å². The van der Waals surface area contributed by atoms with Crippen LogP contribution in [0.15, 0.2) is 40.9 Å². The zero-order valence-corrected chi connectivity index (χ0v) is 15.2. The first kappa shape index (κ1) is 18.2. The lowest BCUT2D eigenvalue weighted by molar-refractivity contribution is 0.102. The maximum absolute atomic E-state index is 13.7. The zero-order valence-electron chi connectivity index (χ0n) is 12.8. The van der Waals surface area contributed by atoms with E-state index in [1.807, 2.05) is 0 Å². The van der Waals surface area contributed by atoms with E-state index in [0.29, 0.717) is 4.47 Å². The second-order valence-electron chi connectivity index (χ2n) is 4.87. The standard InChI is InChI=1S/C15H14BrFN2O4S/c1-23-14-6-4-10(8-13(14)19-24(2,21)22)18-15(20)11-7-9(16)3-5-12(11)17/h3-8,19H,1-2H3,(H,18,20). The van der Waals surface area contributed by atoms with Crippen LogP contribution in [0, 0.1) is 5.82 Å². The fraction of sp³-hybridized carbons (Fsp3) is 0.133. The molecule has 0 unspecified atom stereocenters. The van der Waals surface area contributed by atoms with Gasteiger partial charge < -0.3 is 10.1 Å². The van der Waals surface area contributed by atoms with Gasteiger partial charge in [-0.05, 0) is 36.4 Å². The number of hydrogen-bond acceptors (Lipinski definition) is 4. The highest BCUT2D eigenvalue weighted by molar-refractivity contribution is 9.10. The maximum atomic E-state index is 13.7. The summed E-state index contributed by atoms with van der Waals surface area (Å²) in [6.07, 6.45) is 0.995. The SMILES string of the molecule is COc1ccc(NC(=O)c2cc(Br)ccc2F)cc1NS(C)(=O)=O. The molecule has 0 aliphatic carbocycles. The Bertz CT molecular complexity index is 887. The molecule has 0 saturated carbocycles. The molecule has 0 fully saturated rings. The predicted octanol–water partition coefficient (Wildman–Crippen LogP) is 3.22. The Morgan fingerprint density at radius 1 is 1.21 bits per heavy atom. The smallest absolute Gasteiger partial charge is 0.258 e. The first-order chi connectivity index (χ1) is 11.2. The molecule has 2 aromatic carbocycles. The number of sulfonamides is 1. The van der Waals surface area contributed by atoms with Gasteiger partial charge in [0.1, 0.15) is 11.6 Å². The number of carbonyl (C=O) groups excluding carboxylic acids is 1. The average molecular weight is 417 g/mol. The molecule has 128 valence electrons. The van der Waals surface area contributed by atoms with Crippen LogP contribution in [0.2, 0.25) is 0 Å². The number of nitrogens with one attached hydrogen (secondary N) is 2. The predicted molar refractivity (Wildman–Crippen MR) is 93.5 cm³/mol. The van der Waals surface area contributed by atoms with Crippen LogP contribution >= 0.6 is 15.9 Å². The summed E-state index contributed by atoms with van der Waals surface area (Å²) in [6, 6.07) is 8.38. The fourth-order valence-electron chi connectivity index (χ4n) is 1.94. The molecule has 0 bridgehead atoms. The molecule has 0 radical (unpaired) electrons. The molecule has 2 N–H and O–H groups in total. The van der Waals surface area contributed by atoms with E-state index in [4.69, 9.17) is 4.74 Å². The minimum atomic E-state index is -3.53. The van der Waals surface area contributed by atoms with E-state index in [9.17, 15) is 17.6 Å². The number of ether oxygens (including phenoxy) is 1. The van der Waals surface area contributed by atoms with E-state index >= 15 is 0 Å². The van der Waals surface area contributed by atoms with Crippen LogP contribution in [0.4, 0.5) is 15.8 Å². The lowest BCUT2D eigenvalue weighted by Gasteiger charge is -2.12. The summed E-state index contributed by atoms with van der Waals surface area (Å²) in [5, 5.41) is 2.51. The Labute approximate surface area is 147 Å². The third kappa shape index (κ3) is 4.68. The monoisotopic (exact) mass is 416 g/mol. The van der Waals surface area contributed by atoms with Crippen LogP contribution in [-0.2, 0) is 10.0 Å². The number of amides is 1. The van der Waals surface area contributed by atoms with Crippen LogP contribution in [0.25, 0.3) is 0 Å². The van der Waals surface area contributed by atoms with E-state index in [2.05, 4.69) is 26.0 Å². The van der Waals surface area contributed by atoms with Crippen molar-refractivity contribution in [2.75, 3.05) is 23.4 Å². The Balaban J connectivity index is 2.31. The van der Waals surface area contributed by atoms with Gasteiger partial charge in [0.2, 0.25) is 10.0 Å². The van der Waals surface area contributed by atoms with E-state index < -0.39 is 21.7 Å². The second-order valence-corrected chi connectivity index (χ2v) is 7.53. The van der Waals surface area contributed by atoms with Crippen LogP contribution in [0.1, 0.15) is 10.4 Å². The van der Waals surface area contributed by atoms with Crippen LogP contribution in [0.3, 0.4) is 0 Å². The minimum absolute atomic E-state index is 0.141. The third-order valence-electron chi connectivity index (χ3n) is 2.93. The van der Waals surface area contributed by atoms with Crippen molar-refractivity contribution in [2.45, 2.75) is 0 Å². The number of rotatable bonds is 5. The molecule has 2 aromatic rings.